The molecule has 0 radical (unpaired) electrons. The maximum Gasteiger partial charge on any atom is 0.573 e. The van der Waals surface area contributed by atoms with Crippen LogP contribution in [0, 0.1) is 6.92 Å². The topological polar surface area (TPSA) is 80.6 Å². The molecule has 1 aromatic carbocycles. The van der Waals surface area contributed by atoms with Gasteiger partial charge in [0.2, 0.25) is 0 Å². The lowest BCUT2D eigenvalue weighted by Gasteiger charge is -2.22. The van der Waals surface area contributed by atoms with E-state index in [2.05, 4.69) is 15.4 Å². The highest BCUT2D eigenvalue weighted by Crippen LogP contribution is 2.30. The second kappa shape index (κ2) is 8.05. The van der Waals surface area contributed by atoms with Gasteiger partial charge in [-0.05, 0) is 50.1 Å². The van der Waals surface area contributed by atoms with Crippen LogP contribution >= 0.6 is 0 Å². The summed E-state index contributed by atoms with van der Waals surface area (Å²) in [5, 5.41) is 5.51. The number of alkyl halides is 3. The van der Waals surface area contributed by atoms with Crippen molar-refractivity contribution in [3.63, 3.8) is 0 Å². The van der Waals surface area contributed by atoms with Crippen LogP contribution in [0.5, 0.6) is 5.75 Å². The molecule has 9 heteroatoms. The highest BCUT2D eigenvalue weighted by Gasteiger charge is 2.32. The molecule has 1 amide bonds. The normalized spacial score (nSPS) is 17.2. The van der Waals surface area contributed by atoms with E-state index in [0.717, 1.165) is 25.5 Å². The molecule has 1 atom stereocenters. The zero-order valence-electron chi connectivity index (χ0n) is 15.1. The summed E-state index contributed by atoms with van der Waals surface area (Å²) in [7, 11) is 0. The predicted octanol–water partition coefficient (Wildman–Crippen LogP) is 3.57. The van der Waals surface area contributed by atoms with E-state index in [1.54, 1.807) is 13.0 Å². The highest BCUT2D eigenvalue weighted by atomic mass is 19.4. The first kappa shape index (κ1) is 19.9. The summed E-state index contributed by atoms with van der Waals surface area (Å²) < 4.78 is 46.8. The van der Waals surface area contributed by atoms with Crippen molar-refractivity contribution in [3.8, 4) is 5.75 Å². The molecule has 2 N–H and O–H groups in total. The molecule has 0 aliphatic carbocycles. The molecular formula is C19H19F3N2O4. The van der Waals surface area contributed by atoms with E-state index < -0.39 is 23.6 Å². The zero-order valence-corrected chi connectivity index (χ0v) is 15.1. The van der Waals surface area contributed by atoms with Crippen LogP contribution in [-0.4, -0.2) is 25.4 Å². The zero-order chi connectivity index (χ0) is 20.3. The van der Waals surface area contributed by atoms with Gasteiger partial charge in [-0.15, -0.1) is 13.2 Å². The number of ether oxygens (including phenoxy) is 1. The first-order valence-corrected chi connectivity index (χ1v) is 8.76. The quantitative estimate of drug-likeness (QED) is 0.826. The number of amides is 1. The van der Waals surface area contributed by atoms with E-state index in [0.29, 0.717) is 17.9 Å². The van der Waals surface area contributed by atoms with Crippen LogP contribution in [0.3, 0.4) is 0 Å². The van der Waals surface area contributed by atoms with Crippen molar-refractivity contribution in [1.29, 1.82) is 0 Å². The Morgan fingerprint density at radius 3 is 2.71 bits per heavy atom. The second-order valence-electron chi connectivity index (χ2n) is 6.54. The molecule has 3 rings (SSSR count). The van der Waals surface area contributed by atoms with Gasteiger partial charge in [-0.2, -0.15) is 0 Å². The number of carbonyl (C=O) groups is 1. The summed E-state index contributed by atoms with van der Waals surface area (Å²) in [5.41, 5.74) is -0.894. The minimum absolute atomic E-state index is 0.0400. The predicted molar refractivity (Wildman–Crippen MR) is 95.6 cm³/mol. The molecule has 1 aromatic heterocycles. The summed E-state index contributed by atoms with van der Waals surface area (Å²) in [6.45, 7) is 3.17. The van der Waals surface area contributed by atoms with E-state index in [-0.39, 0.29) is 17.2 Å². The molecule has 1 aliphatic rings. The molecule has 0 bridgehead atoms. The molecule has 6 nitrogen and oxygen atoms in total. The standard InChI is InChI=1S/C19H19F3N2O4/c1-11-9-15(12-5-4-8-23-10-12)27-18(26)16(11)17(25)24-13-6-2-3-7-14(13)28-19(20,21)22/h2-3,6-7,9,12,23H,4-5,8,10H2,1H3,(H,24,25). The third kappa shape index (κ3) is 4.72. The Hall–Kier alpha value is -2.81. The van der Waals surface area contributed by atoms with E-state index in [1.807, 2.05) is 0 Å². The van der Waals surface area contributed by atoms with Gasteiger partial charge in [-0.25, -0.2) is 4.79 Å². The molecule has 28 heavy (non-hydrogen) atoms. The number of aryl methyl sites for hydroxylation is 1. The van der Waals surface area contributed by atoms with Gasteiger partial charge in [0.1, 0.15) is 11.3 Å². The van der Waals surface area contributed by atoms with Crippen molar-refractivity contribution in [2.45, 2.75) is 32.0 Å². The van der Waals surface area contributed by atoms with Gasteiger partial charge in [0.15, 0.2) is 5.75 Å². The molecule has 1 aliphatic heterocycles. The number of piperidine rings is 1. The third-order valence-electron chi connectivity index (χ3n) is 4.46. The SMILES string of the molecule is Cc1cc(C2CCCNC2)oc(=O)c1C(=O)Nc1ccccc1OC(F)(F)F. The Morgan fingerprint density at radius 1 is 1.32 bits per heavy atom. The Morgan fingerprint density at radius 2 is 2.07 bits per heavy atom. The van der Waals surface area contributed by atoms with Crippen LogP contribution in [0.25, 0.3) is 0 Å². The lowest BCUT2D eigenvalue weighted by Crippen LogP contribution is -2.30. The fourth-order valence-electron chi connectivity index (χ4n) is 3.17. The van der Waals surface area contributed by atoms with Gasteiger partial charge in [0.05, 0.1) is 5.69 Å². The average molecular weight is 396 g/mol. The van der Waals surface area contributed by atoms with Gasteiger partial charge >= 0.3 is 12.0 Å². The van der Waals surface area contributed by atoms with Crippen LogP contribution < -0.4 is 21.0 Å². The molecule has 2 heterocycles. The lowest BCUT2D eigenvalue weighted by atomic mass is 9.95. The molecule has 0 saturated carbocycles. The number of hydrogen-bond acceptors (Lipinski definition) is 5. The lowest BCUT2D eigenvalue weighted by molar-refractivity contribution is -0.274. The van der Waals surface area contributed by atoms with Crippen molar-refractivity contribution in [2.75, 3.05) is 18.4 Å². The fraction of sp³-hybridized carbons (Fsp3) is 0.368. The maximum absolute atomic E-state index is 12.5. The molecule has 2 aromatic rings. The average Bonchev–Trinajstić information content (AvgIpc) is 2.62. The monoisotopic (exact) mass is 396 g/mol. The number of rotatable bonds is 4. The molecule has 0 spiro atoms. The minimum atomic E-state index is -4.91. The minimum Gasteiger partial charge on any atom is -0.427 e. The van der Waals surface area contributed by atoms with Crippen LogP contribution in [0.2, 0.25) is 0 Å². The third-order valence-corrected chi connectivity index (χ3v) is 4.46. The molecular weight excluding hydrogens is 377 g/mol. The van der Waals surface area contributed by atoms with E-state index in [4.69, 9.17) is 4.42 Å². The van der Waals surface area contributed by atoms with Gasteiger partial charge in [-0.3, -0.25) is 4.79 Å². The first-order chi connectivity index (χ1) is 13.2. The van der Waals surface area contributed by atoms with Crippen molar-refractivity contribution in [1.82, 2.24) is 5.32 Å². The Labute approximate surface area is 158 Å². The van der Waals surface area contributed by atoms with Crippen molar-refractivity contribution in [2.24, 2.45) is 0 Å². The van der Waals surface area contributed by atoms with E-state index in [1.165, 1.54) is 18.2 Å². The smallest absolute Gasteiger partial charge is 0.427 e. The van der Waals surface area contributed by atoms with Gasteiger partial charge < -0.3 is 19.8 Å². The number of nitrogens with one attached hydrogen (secondary N) is 2. The second-order valence-corrected chi connectivity index (χ2v) is 6.54. The van der Waals surface area contributed by atoms with Crippen LogP contribution in [-0.2, 0) is 0 Å². The first-order valence-electron chi connectivity index (χ1n) is 8.76. The van der Waals surface area contributed by atoms with Crippen LogP contribution in [0.1, 0.15) is 40.4 Å². The number of anilines is 1. The number of para-hydroxylation sites is 2. The van der Waals surface area contributed by atoms with Crippen molar-refractivity contribution < 1.29 is 27.1 Å². The number of carbonyl (C=O) groups excluding carboxylic acids is 1. The van der Waals surface area contributed by atoms with Crippen LogP contribution in [0.4, 0.5) is 18.9 Å². The highest BCUT2D eigenvalue weighted by molar-refractivity contribution is 6.05. The van der Waals surface area contributed by atoms with E-state index >= 15 is 0 Å². The fourth-order valence-corrected chi connectivity index (χ4v) is 3.17. The number of benzene rings is 1. The summed E-state index contributed by atoms with van der Waals surface area (Å²) in [6, 6.07) is 6.72. The van der Waals surface area contributed by atoms with Gasteiger partial charge in [0, 0.05) is 12.5 Å². The van der Waals surface area contributed by atoms with E-state index in [9.17, 15) is 22.8 Å². The Balaban J connectivity index is 1.85. The molecule has 1 saturated heterocycles. The molecule has 150 valence electrons. The number of halogens is 3. The molecule has 1 fully saturated rings. The van der Waals surface area contributed by atoms with Gasteiger partial charge in [0.25, 0.3) is 5.91 Å². The summed E-state index contributed by atoms with van der Waals surface area (Å²) in [5.74, 6) is -0.904. The summed E-state index contributed by atoms with van der Waals surface area (Å²) in [4.78, 5) is 24.9. The number of hydrogen-bond donors (Lipinski definition) is 2. The summed E-state index contributed by atoms with van der Waals surface area (Å²) in [6.07, 6.45) is -3.10. The Kier molecular flexibility index (Phi) is 5.73. The largest absolute Gasteiger partial charge is 0.573 e. The Bertz CT molecular complexity index is 918. The van der Waals surface area contributed by atoms with Crippen molar-refractivity contribution in [3.05, 3.63) is 57.6 Å². The van der Waals surface area contributed by atoms with Gasteiger partial charge in [-0.1, -0.05) is 12.1 Å². The summed E-state index contributed by atoms with van der Waals surface area (Å²) >= 11 is 0. The molecule has 1 unspecified atom stereocenters. The maximum atomic E-state index is 12.5. The van der Waals surface area contributed by atoms with Crippen LogP contribution in [0.15, 0.2) is 39.5 Å². The van der Waals surface area contributed by atoms with Crippen molar-refractivity contribution >= 4 is 11.6 Å².